The molecule has 5 nitrogen and oxygen atoms in total. The molecule has 3 rings (SSSR count). The molecule has 0 spiro atoms. The second-order valence-electron chi connectivity index (χ2n) is 7.18. The van der Waals surface area contributed by atoms with E-state index >= 15 is 0 Å². The van der Waals surface area contributed by atoms with Crippen LogP contribution >= 0.6 is 24.0 Å². The number of aromatic amines is 1. The molecule has 6 heteroatoms. The lowest BCUT2D eigenvalue weighted by Gasteiger charge is -2.21. The van der Waals surface area contributed by atoms with Crippen molar-refractivity contribution in [1.29, 1.82) is 0 Å². The third-order valence-corrected chi connectivity index (χ3v) is 5.32. The van der Waals surface area contributed by atoms with Crippen LogP contribution < -0.4 is 10.6 Å². The van der Waals surface area contributed by atoms with E-state index in [-0.39, 0.29) is 24.0 Å². The maximum absolute atomic E-state index is 4.83. The minimum Gasteiger partial charge on any atom is -0.361 e. The predicted octanol–water partition coefficient (Wildman–Crippen LogP) is 3.68. The first-order valence-electron chi connectivity index (χ1n) is 10.0. The van der Waals surface area contributed by atoms with Gasteiger partial charge < -0.3 is 15.6 Å². The van der Waals surface area contributed by atoms with Crippen LogP contribution in [-0.4, -0.2) is 54.6 Å². The lowest BCUT2D eigenvalue weighted by atomic mass is 10.1. The maximum Gasteiger partial charge on any atom is 0.191 e. The number of aryl methyl sites for hydroxylation is 1. The van der Waals surface area contributed by atoms with Crippen molar-refractivity contribution < 1.29 is 0 Å². The summed E-state index contributed by atoms with van der Waals surface area (Å²) in [5, 5.41) is 8.20. The van der Waals surface area contributed by atoms with Crippen molar-refractivity contribution in [2.24, 2.45) is 4.99 Å². The molecular formula is C21H34IN5. The summed E-state index contributed by atoms with van der Waals surface area (Å²) >= 11 is 0. The van der Waals surface area contributed by atoms with Crippen LogP contribution in [0.1, 0.15) is 37.8 Å². The second kappa shape index (κ2) is 10.9. The molecule has 150 valence electrons. The molecule has 1 unspecified atom stereocenters. The maximum atomic E-state index is 4.83. The smallest absolute Gasteiger partial charge is 0.191 e. The predicted molar refractivity (Wildman–Crippen MR) is 126 cm³/mol. The third-order valence-electron chi connectivity index (χ3n) is 5.32. The van der Waals surface area contributed by atoms with Gasteiger partial charge in [0, 0.05) is 36.2 Å². The zero-order valence-electron chi connectivity index (χ0n) is 16.8. The largest absolute Gasteiger partial charge is 0.361 e. The Morgan fingerprint density at radius 3 is 2.93 bits per heavy atom. The Hall–Kier alpha value is -1.28. The van der Waals surface area contributed by atoms with Crippen molar-refractivity contribution in [1.82, 2.24) is 20.5 Å². The summed E-state index contributed by atoms with van der Waals surface area (Å²) in [6.07, 6.45) is 5.69. The Kier molecular flexibility index (Phi) is 8.89. The molecule has 1 aromatic carbocycles. The van der Waals surface area contributed by atoms with Crippen LogP contribution in [0.25, 0.3) is 10.9 Å². The molecule has 2 aromatic rings. The van der Waals surface area contributed by atoms with Crippen molar-refractivity contribution in [2.75, 3.05) is 32.7 Å². The van der Waals surface area contributed by atoms with Gasteiger partial charge in [0.2, 0.25) is 0 Å². The Morgan fingerprint density at radius 1 is 1.30 bits per heavy atom. The molecule has 0 radical (unpaired) electrons. The second-order valence-corrected chi connectivity index (χ2v) is 7.18. The number of nitrogens with one attached hydrogen (secondary N) is 3. The van der Waals surface area contributed by atoms with Crippen molar-refractivity contribution in [3.05, 3.63) is 35.5 Å². The summed E-state index contributed by atoms with van der Waals surface area (Å²) in [4.78, 5) is 10.8. The van der Waals surface area contributed by atoms with Gasteiger partial charge in [0.05, 0.1) is 6.54 Å². The fourth-order valence-electron chi connectivity index (χ4n) is 3.88. The van der Waals surface area contributed by atoms with E-state index in [0.717, 1.165) is 38.6 Å². The monoisotopic (exact) mass is 483 g/mol. The summed E-state index contributed by atoms with van der Waals surface area (Å²) < 4.78 is 0. The number of hydrogen-bond acceptors (Lipinski definition) is 2. The van der Waals surface area contributed by atoms with Gasteiger partial charge in [-0.15, -0.1) is 24.0 Å². The molecule has 2 heterocycles. The highest BCUT2D eigenvalue weighted by Gasteiger charge is 2.22. The summed E-state index contributed by atoms with van der Waals surface area (Å²) in [5.74, 6) is 0.936. The van der Waals surface area contributed by atoms with Gasteiger partial charge in [0.1, 0.15) is 0 Å². The van der Waals surface area contributed by atoms with Gasteiger partial charge in [0.15, 0.2) is 5.96 Å². The highest BCUT2D eigenvalue weighted by Crippen LogP contribution is 2.19. The molecule has 3 N–H and O–H groups in total. The number of hydrogen-bond donors (Lipinski definition) is 3. The molecule has 1 aliphatic heterocycles. The first-order chi connectivity index (χ1) is 12.7. The molecule has 0 bridgehead atoms. The highest BCUT2D eigenvalue weighted by molar-refractivity contribution is 14.0. The number of fused-ring (bicyclic) bond motifs is 1. The molecule has 27 heavy (non-hydrogen) atoms. The fourth-order valence-corrected chi connectivity index (χ4v) is 3.88. The van der Waals surface area contributed by atoms with Crippen molar-refractivity contribution in [3.63, 3.8) is 0 Å². The van der Waals surface area contributed by atoms with Gasteiger partial charge in [-0.3, -0.25) is 9.89 Å². The van der Waals surface area contributed by atoms with Gasteiger partial charge in [-0.05, 0) is 63.4 Å². The van der Waals surface area contributed by atoms with Crippen molar-refractivity contribution >= 4 is 40.8 Å². The Balaban J connectivity index is 0.00000261. The molecule has 1 fully saturated rings. The molecule has 1 saturated heterocycles. The van der Waals surface area contributed by atoms with Gasteiger partial charge in [-0.25, -0.2) is 0 Å². The number of guanidine groups is 1. The van der Waals surface area contributed by atoms with E-state index in [1.807, 2.05) is 0 Å². The number of rotatable bonds is 7. The van der Waals surface area contributed by atoms with E-state index < -0.39 is 0 Å². The van der Waals surface area contributed by atoms with Gasteiger partial charge in [0.25, 0.3) is 0 Å². The normalized spacial score (nSPS) is 17.9. The average molecular weight is 483 g/mol. The minimum atomic E-state index is 0. The van der Waals surface area contributed by atoms with E-state index in [9.17, 15) is 0 Å². The number of nitrogens with zero attached hydrogens (tertiary/aromatic N) is 2. The molecule has 1 aliphatic rings. The SMILES string of the molecule is CCNC(=NCC1CCCN1CC)NCCc1c[nH]c2cc(C)ccc12.I. The number of halogens is 1. The first kappa shape index (κ1) is 22.0. The number of aliphatic imine (C=N–C) groups is 1. The van der Waals surface area contributed by atoms with Crippen LogP contribution in [0.5, 0.6) is 0 Å². The first-order valence-corrected chi connectivity index (χ1v) is 10.0. The summed E-state index contributed by atoms with van der Waals surface area (Å²) in [5.41, 5.74) is 3.87. The third kappa shape index (κ3) is 5.85. The van der Waals surface area contributed by atoms with Crippen LogP contribution in [0.15, 0.2) is 29.4 Å². The van der Waals surface area contributed by atoms with Gasteiger partial charge >= 0.3 is 0 Å². The standard InChI is InChI=1S/C21H33N5.HI/c1-4-22-21(25-15-18-7-6-12-26(18)5-2)23-11-10-17-14-24-20-13-16(3)8-9-19(17)20;/h8-9,13-14,18,24H,4-7,10-12,15H2,1-3H3,(H2,22,23,25);1H. The van der Waals surface area contributed by atoms with Gasteiger partial charge in [-0.2, -0.15) is 0 Å². The number of aromatic nitrogens is 1. The van der Waals surface area contributed by atoms with Crippen LogP contribution in [0.2, 0.25) is 0 Å². The Labute approximate surface area is 180 Å². The minimum absolute atomic E-state index is 0. The van der Waals surface area contributed by atoms with Gasteiger partial charge in [-0.1, -0.05) is 19.1 Å². The molecule has 1 atom stereocenters. The molecule has 1 aromatic heterocycles. The Morgan fingerprint density at radius 2 is 2.15 bits per heavy atom. The summed E-state index contributed by atoms with van der Waals surface area (Å²) in [7, 11) is 0. The molecular weight excluding hydrogens is 449 g/mol. The van der Waals surface area contributed by atoms with Crippen LogP contribution in [0.3, 0.4) is 0 Å². The lowest BCUT2D eigenvalue weighted by molar-refractivity contribution is 0.273. The van der Waals surface area contributed by atoms with Crippen LogP contribution in [-0.2, 0) is 6.42 Å². The molecule has 0 saturated carbocycles. The van der Waals surface area contributed by atoms with Crippen molar-refractivity contribution in [2.45, 2.75) is 46.1 Å². The van der Waals surface area contributed by atoms with E-state index in [0.29, 0.717) is 6.04 Å². The zero-order valence-corrected chi connectivity index (χ0v) is 19.2. The quantitative estimate of drug-likeness (QED) is 0.320. The fraction of sp³-hybridized carbons (Fsp3) is 0.571. The topological polar surface area (TPSA) is 55.5 Å². The lowest BCUT2D eigenvalue weighted by Crippen LogP contribution is -2.40. The van der Waals surface area contributed by atoms with E-state index in [2.05, 4.69) is 65.7 Å². The number of benzene rings is 1. The van der Waals surface area contributed by atoms with Crippen molar-refractivity contribution in [3.8, 4) is 0 Å². The molecule has 0 amide bonds. The average Bonchev–Trinajstić information content (AvgIpc) is 3.25. The number of likely N-dealkylation sites (tertiary alicyclic amines) is 1. The summed E-state index contributed by atoms with van der Waals surface area (Å²) in [6.45, 7) is 11.5. The van der Waals surface area contributed by atoms with E-state index in [4.69, 9.17) is 4.99 Å². The number of H-pyrrole nitrogens is 1. The number of likely N-dealkylation sites (N-methyl/N-ethyl adjacent to an activating group) is 1. The van der Waals surface area contributed by atoms with E-state index in [1.165, 1.54) is 41.4 Å². The summed E-state index contributed by atoms with van der Waals surface area (Å²) in [6, 6.07) is 7.21. The van der Waals surface area contributed by atoms with Crippen LogP contribution in [0.4, 0.5) is 0 Å². The zero-order chi connectivity index (χ0) is 18.4. The highest BCUT2D eigenvalue weighted by atomic mass is 127. The molecule has 0 aliphatic carbocycles. The van der Waals surface area contributed by atoms with E-state index in [1.54, 1.807) is 0 Å². The van der Waals surface area contributed by atoms with Crippen LogP contribution in [0, 0.1) is 6.92 Å². The Bertz CT molecular complexity index is 739.